The molecule has 334 valence electrons. The monoisotopic (exact) mass is 1070 g/mol. The van der Waals surface area contributed by atoms with E-state index < -0.39 is 0 Å². The topological polar surface area (TPSA) is 49.2 Å². The Kier molecular flexibility index (Phi) is 29.2. The van der Waals surface area contributed by atoms with Gasteiger partial charge in [-0.15, -0.1) is 0 Å². The molecule has 1 unspecified atom stereocenters. The van der Waals surface area contributed by atoms with E-state index in [-0.39, 0.29) is 42.2 Å². The molecule has 4 aromatic rings. The molecule has 11 heteroatoms. The molecule has 0 bridgehead atoms. The molecule has 2 saturated heterocycles. The predicted octanol–water partition coefficient (Wildman–Crippen LogP) is 15.0. The Morgan fingerprint density at radius 3 is 1.27 bits per heavy atom. The molecule has 5 nitrogen and oxygen atoms in total. The number of aryl methyl sites for hydroxylation is 6. The van der Waals surface area contributed by atoms with Crippen molar-refractivity contribution in [2.45, 2.75) is 107 Å². The van der Waals surface area contributed by atoms with Crippen molar-refractivity contribution in [1.29, 1.82) is 0 Å². The summed E-state index contributed by atoms with van der Waals surface area (Å²) in [6.45, 7) is 35.1. The van der Waals surface area contributed by atoms with E-state index in [9.17, 15) is 4.79 Å². The van der Waals surface area contributed by atoms with Gasteiger partial charge in [-0.2, -0.15) is 12.8 Å². The molecular formula is C49H66Cl4N2O3Ru2. The van der Waals surface area contributed by atoms with Crippen LogP contribution < -0.4 is 9.80 Å². The van der Waals surface area contributed by atoms with Crippen LogP contribution in [0.5, 0.6) is 11.5 Å². The predicted molar refractivity (Wildman–Crippen MR) is 258 cm³/mol. The van der Waals surface area contributed by atoms with E-state index in [0.717, 1.165) is 22.6 Å². The van der Waals surface area contributed by atoms with Crippen LogP contribution in [-0.4, -0.2) is 40.6 Å². The number of carbonyl (C=O) groups excluding carboxylic acids is 1. The molecule has 0 amide bonds. The first-order valence-electron chi connectivity index (χ1n) is 20.0. The van der Waals surface area contributed by atoms with Crippen LogP contribution in [0.15, 0.2) is 86.0 Å². The van der Waals surface area contributed by atoms with Gasteiger partial charge in [0, 0.05) is 51.2 Å². The third kappa shape index (κ3) is 20.7. The van der Waals surface area contributed by atoms with Gasteiger partial charge in [0.25, 0.3) is 11.5 Å². The number of para-hydroxylation sites is 2. The number of nitrogens with zero attached hydrogens (tertiary/aromatic N) is 2. The van der Waals surface area contributed by atoms with Gasteiger partial charge in [0.15, 0.2) is 6.10 Å². The van der Waals surface area contributed by atoms with Gasteiger partial charge in [-0.1, -0.05) is 97.8 Å². The molecule has 0 saturated carbocycles. The van der Waals surface area contributed by atoms with E-state index >= 15 is 0 Å². The minimum absolute atomic E-state index is 0.0730. The molecule has 60 heavy (non-hydrogen) atoms. The van der Waals surface area contributed by atoms with Crippen LogP contribution in [0.25, 0.3) is 12.2 Å². The molecule has 2 aliphatic rings. The van der Waals surface area contributed by atoms with Crippen molar-refractivity contribution in [3.63, 3.8) is 0 Å². The molecule has 0 radical (unpaired) electrons. The standard InChI is InChI=1S/2C13H18N.C12H14O2.C11H14O.4ClH.2Ru/c2*1-10-8-11(2)13(12(3)9-10)14-6-4-5-7-14;1-4-11-7-5-6-8-12(11)14-10(3)9(2)13;1-4-10-7-5-6-8-11(10)12-9(2)3;;;;;;/h2*6,8-9H,4-5,7H2,1-3H3;4-8,10H,1H2,2-3H3;4-9H,1H2,2-3H3;4*1H;;/q2*-1;;;;;;;2*+2/p-2. The van der Waals surface area contributed by atoms with Crippen LogP contribution in [0, 0.1) is 54.6 Å². The number of carbonyl (C=O) groups is 1. The second kappa shape index (κ2) is 31.5. The summed E-state index contributed by atoms with van der Waals surface area (Å²) in [5.74, 6) is 1.93. The number of Topliss-reactive ketones (excluding diaryl/α,β-unsaturated/α-hetero) is 1. The first-order valence-corrected chi connectivity index (χ1v) is 28.9. The van der Waals surface area contributed by atoms with Crippen molar-refractivity contribution in [2.75, 3.05) is 22.9 Å². The van der Waals surface area contributed by atoms with Crippen molar-refractivity contribution in [1.82, 2.24) is 0 Å². The van der Waals surface area contributed by atoms with E-state index in [4.69, 9.17) is 38.8 Å². The molecule has 2 aliphatic heterocycles. The zero-order valence-corrected chi connectivity index (χ0v) is 43.5. The molecule has 1 atom stereocenters. The van der Waals surface area contributed by atoms with Crippen molar-refractivity contribution in [3.8, 4) is 11.5 Å². The second-order valence-corrected chi connectivity index (χ2v) is 20.1. The first kappa shape index (κ1) is 55.7. The summed E-state index contributed by atoms with van der Waals surface area (Å²) in [5.41, 5.74) is 13.3. The van der Waals surface area contributed by atoms with Crippen LogP contribution in [-0.2, 0) is 35.1 Å². The van der Waals surface area contributed by atoms with E-state index in [0.29, 0.717) is 6.10 Å². The average Bonchev–Trinajstić information content (AvgIpc) is 3.92. The SMILES string of the molecule is C=Cc1ccccc1[OH+]C(C)C.C=Cc1ccccc1[OH+]C(C)C(C)=O.Cc1cc(C)c(N2[CH-]CCC2)c(C)c1.Cc1cc(C)c(N2[CH-]CCC2)c(C)c1.[Cl][Ru][Cl].[Cl][Ru][Cl]. The Labute approximate surface area is 394 Å². The van der Waals surface area contributed by atoms with Crippen molar-refractivity contribution in [2.24, 2.45) is 0 Å². The van der Waals surface area contributed by atoms with Gasteiger partial charge in [-0.05, 0) is 89.0 Å². The van der Waals surface area contributed by atoms with E-state index in [1.807, 2.05) is 54.6 Å². The summed E-state index contributed by atoms with van der Waals surface area (Å²) in [7, 11) is 19.4. The summed E-state index contributed by atoms with van der Waals surface area (Å²) >= 11 is -0.691. The number of anilines is 2. The third-order valence-corrected chi connectivity index (χ3v) is 9.38. The van der Waals surface area contributed by atoms with E-state index in [1.165, 1.54) is 83.5 Å². The van der Waals surface area contributed by atoms with E-state index in [1.54, 1.807) is 19.9 Å². The summed E-state index contributed by atoms with van der Waals surface area (Å²) in [5, 5.41) is 0. The van der Waals surface area contributed by atoms with Crippen LogP contribution in [0.1, 0.15) is 97.9 Å². The molecule has 6 rings (SSSR count). The Hall–Kier alpha value is -2.36. The number of halogens is 4. The number of hydrogen-bond acceptors (Lipinski definition) is 3. The second-order valence-electron chi connectivity index (χ2n) is 14.8. The number of ketones is 1. The zero-order valence-electron chi connectivity index (χ0n) is 37.0. The molecule has 4 aromatic carbocycles. The van der Waals surface area contributed by atoms with Crippen molar-refractivity contribution >= 4 is 68.1 Å². The maximum absolute atomic E-state index is 11.0. The van der Waals surface area contributed by atoms with E-state index in [2.05, 4.69) is 125 Å². The number of aromatic hydroxyl groups is 2. The molecule has 2 heterocycles. The Balaban J connectivity index is 0.000000383. The van der Waals surface area contributed by atoms with Gasteiger partial charge in [0.2, 0.25) is 11.9 Å². The maximum atomic E-state index is 11.0. The fourth-order valence-electron chi connectivity index (χ4n) is 6.99. The Bertz CT molecular complexity index is 1760. The normalized spacial score (nSPS) is 13.1. The summed E-state index contributed by atoms with van der Waals surface area (Å²) in [4.78, 5) is 15.8. The number of aliphatic hydroxyl groups is 2. The molecule has 0 aliphatic carbocycles. The molecule has 2 N–H and O–H groups in total. The van der Waals surface area contributed by atoms with Crippen LogP contribution in [0.2, 0.25) is 0 Å². The van der Waals surface area contributed by atoms with Gasteiger partial charge in [0.1, 0.15) is 0 Å². The number of benzene rings is 4. The van der Waals surface area contributed by atoms with Gasteiger partial charge in [-0.25, -0.2) is 13.1 Å². The minimum atomic E-state index is -0.346. The number of hydrogen-bond donors (Lipinski definition) is 0. The Morgan fingerprint density at radius 2 is 0.983 bits per heavy atom. The average molecular weight is 1080 g/mol. The van der Waals surface area contributed by atoms with Crippen molar-refractivity contribution < 1.29 is 44.6 Å². The first-order chi connectivity index (χ1) is 28.6. The molecule has 0 spiro atoms. The summed E-state index contributed by atoms with van der Waals surface area (Å²) in [6.07, 6.45) is 8.69. The zero-order chi connectivity index (χ0) is 45.2. The van der Waals surface area contributed by atoms with Crippen LogP contribution >= 0.6 is 38.8 Å². The third-order valence-electron chi connectivity index (χ3n) is 9.38. The van der Waals surface area contributed by atoms with Crippen molar-refractivity contribution in [3.05, 3.63) is 144 Å². The molecular weight excluding hydrogens is 1010 g/mol. The van der Waals surface area contributed by atoms with Gasteiger partial charge in [0.05, 0.1) is 11.1 Å². The fourth-order valence-corrected chi connectivity index (χ4v) is 6.99. The van der Waals surface area contributed by atoms with Gasteiger partial charge in [-0.3, -0.25) is 4.79 Å². The quantitative estimate of drug-likeness (QED) is 0.0953. The van der Waals surface area contributed by atoms with Gasteiger partial charge < -0.3 is 19.3 Å². The van der Waals surface area contributed by atoms with Gasteiger partial charge >= 0.3 is 69.1 Å². The number of ether oxygens (including phenoxy) is 2. The Morgan fingerprint density at radius 1 is 0.650 bits per heavy atom. The summed E-state index contributed by atoms with van der Waals surface area (Å²) in [6, 6.07) is 24.8. The fraction of sp³-hybridized carbons (Fsp3) is 0.367. The van der Waals surface area contributed by atoms with Crippen LogP contribution in [0.3, 0.4) is 0 Å². The molecule has 2 fully saturated rings. The summed E-state index contributed by atoms with van der Waals surface area (Å²) < 4.78 is 8.77. The number of rotatable bonds is 9. The molecule has 0 aromatic heterocycles. The van der Waals surface area contributed by atoms with Crippen LogP contribution in [0.4, 0.5) is 11.4 Å².